The lowest BCUT2D eigenvalue weighted by Gasteiger charge is -2.13. The number of aromatic nitrogens is 2. The maximum atomic E-state index is 12.6. The van der Waals surface area contributed by atoms with Crippen molar-refractivity contribution in [2.45, 2.75) is 31.0 Å². The fourth-order valence-corrected chi connectivity index (χ4v) is 3.61. The fraction of sp³-hybridized carbons (Fsp3) is 0.227. The second-order valence-electron chi connectivity index (χ2n) is 6.56. The lowest BCUT2D eigenvalue weighted by molar-refractivity contribution is -0.115. The number of thioether (sulfide) groups is 1. The summed E-state index contributed by atoms with van der Waals surface area (Å²) < 4.78 is 6.68. The quantitative estimate of drug-likeness (QED) is 0.535. The van der Waals surface area contributed by atoms with Crippen molar-refractivity contribution >= 4 is 35.0 Å². The predicted molar refractivity (Wildman–Crippen MR) is 121 cm³/mol. The Hall–Kier alpha value is -2.77. The van der Waals surface area contributed by atoms with E-state index in [0.717, 1.165) is 11.3 Å². The molecule has 0 spiro atoms. The zero-order valence-electron chi connectivity index (χ0n) is 16.9. The molecule has 1 amide bonds. The second-order valence-corrected chi connectivity index (χ2v) is 8.33. The first kappa shape index (κ1) is 21.9. The zero-order chi connectivity index (χ0) is 21.7. The molecule has 3 aromatic rings. The van der Waals surface area contributed by atoms with Crippen molar-refractivity contribution in [3.05, 3.63) is 75.5 Å². The van der Waals surface area contributed by atoms with Crippen molar-refractivity contribution < 1.29 is 9.53 Å². The smallest absolute Gasteiger partial charge is 0.271 e. The molecule has 0 radical (unpaired) electrons. The molecule has 6 nitrogen and oxygen atoms in total. The molecule has 1 heterocycles. The highest BCUT2D eigenvalue weighted by molar-refractivity contribution is 8.00. The largest absolute Gasteiger partial charge is 0.494 e. The van der Waals surface area contributed by atoms with Crippen LogP contribution in [0.1, 0.15) is 19.4 Å². The average Bonchev–Trinajstić information content (AvgIpc) is 2.73. The predicted octanol–water partition coefficient (Wildman–Crippen LogP) is 4.71. The van der Waals surface area contributed by atoms with Gasteiger partial charge in [0.15, 0.2) is 0 Å². The monoisotopic (exact) mass is 443 g/mol. The number of aryl methyl sites for hydroxylation is 1. The Kier molecular flexibility index (Phi) is 7.18. The normalized spacial score (nSPS) is 11.7. The minimum Gasteiger partial charge on any atom is -0.494 e. The summed E-state index contributed by atoms with van der Waals surface area (Å²) in [5.74, 6) is 0.586. The van der Waals surface area contributed by atoms with Gasteiger partial charge in [0.05, 0.1) is 17.5 Å². The van der Waals surface area contributed by atoms with Crippen LogP contribution in [0.15, 0.2) is 64.4 Å². The number of nitrogens with zero attached hydrogens (tertiary/aromatic N) is 2. The number of anilines is 1. The summed E-state index contributed by atoms with van der Waals surface area (Å²) in [5, 5.41) is 7.95. The van der Waals surface area contributed by atoms with Gasteiger partial charge in [-0.1, -0.05) is 29.4 Å². The van der Waals surface area contributed by atoms with Crippen LogP contribution in [0.5, 0.6) is 5.75 Å². The second kappa shape index (κ2) is 9.82. The fourth-order valence-electron chi connectivity index (χ4n) is 2.64. The first-order chi connectivity index (χ1) is 14.4. The van der Waals surface area contributed by atoms with Crippen molar-refractivity contribution in [1.29, 1.82) is 0 Å². The minimum absolute atomic E-state index is 0.165. The molecule has 1 atom stereocenters. The van der Waals surface area contributed by atoms with Gasteiger partial charge in [0, 0.05) is 16.8 Å². The van der Waals surface area contributed by atoms with E-state index in [2.05, 4.69) is 10.4 Å². The number of benzene rings is 2. The van der Waals surface area contributed by atoms with Gasteiger partial charge in [-0.2, -0.15) is 9.78 Å². The highest BCUT2D eigenvalue weighted by Gasteiger charge is 2.16. The van der Waals surface area contributed by atoms with Crippen molar-refractivity contribution in [1.82, 2.24) is 9.78 Å². The third-order valence-electron chi connectivity index (χ3n) is 4.28. The van der Waals surface area contributed by atoms with Gasteiger partial charge in [0.1, 0.15) is 10.8 Å². The Bertz CT molecular complexity index is 1100. The molecule has 0 aliphatic heterocycles. The maximum absolute atomic E-state index is 12.6. The molecular weight excluding hydrogens is 422 g/mol. The summed E-state index contributed by atoms with van der Waals surface area (Å²) in [6.07, 6.45) is 0. The molecule has 0 aliphatic rings. The number of carbonyl (C=O) groups is 1. The van der Waals surface area contributed by atoms with Gasteiger partial charge in [-0.3, -0.25) is 9.59 Å². The molecule has 8 heteroatoms. The third-order valence-corrected chi connectivity index (χ3v) is 5.71. The highest BCUT2D eigenvalue weighted by atomic mass is 35.5. The van der Waals surface area contributed by atoms with Crippen molar-refractivity contribution in [2.24, 2.45) is 0 Å². The van der Waals surface area contributed by atoms with Crippen LogP contribution in [-0.4, -0.2) is 27.5 Å². The van der Waals surface area contributed by atoms with E-state index in [9.17, 15) is 9.59 Å². The SMILES string of the molecule is CCOc1ccc(NC(=O)[C@H](C)Sc2ccc(=O)n(-c3ccc(C)c(Cl)c3)n2)cc1. The molecule has 1 aromatic heterocycles. The first-order valence-electron chi connectivity index (χ1n) is 9.44. The average molecular weight is 444 g/mol. The van der Waals surface area contributed by atoms with E-state index < -0.39 is 5.25 Å². The summed E-state index contributed by atoms with van der Waals surface area (Å²) in [6.45, 7) is 6.18. The van der Waals surface area contributed by atoms with Crippen LogP contribution in [0.2, 0.25) is 5.02 Å². The standard InChI is InChI=1S/C22H22ClN3O3S/c1-4-29-18-9-6-16(7-10-18)24-22(28)15(3)30-20-11-12-21(27)26(25-20)17-8-5-14(2)19(23)13-17/h5-13,15H,4H2,1-3H3,(H,24,28)/t15-/m0/s1. The number of hydrogen-bond donors (Lipinski definition) is 1. The van der Waals surface area contributed by atoms with Gasteiger partial charge in [0.25, 0.3) is 5.56 Å². The Balaban J connectivity index is 1.71. The van der Waals surface area contributed by atoms with Crippen LogP contribution < -0.4 is 15.6 Å². The number of amides is 1. The molecule has 2 aromatic carbocycles. The number of ether oxygens (including phenoxy) is 1. The number of nitrogens with one attached hydrogen (secondary N) is 1. The molecule has 30 heavy (non-hydrogen) atoms. The summed E-state index contributed by atoms with van der Waals surface area (Å²) in [4.78, 5) is 24.8. The molecule has 0 unspecified atom stereocenters. The van der Waals surface area contributed by atoms with Crippen LogP contribution >= 0.6 is 23.4 Å². The summed E-state index contributed by atoms with van der Waals surface area (Å²) in [5.41, 5.74) is 1.90. The Labute approximate surface area is 184 Å². The third kappa shape index (κ3) is 5.43. The molecular formula is C22H22ClN3O3S. The Morgan fingerprint density at radius 1 is 1.20 bits per heavy atom. The van der Waals surface area contributed by atoms with Crippen LogP contribution in [0.3, 0.4) is 0 Å². The van der Waals surface area contributed by atoms with Crippen molar-refractivity contribution in [2.75, 3.05) is 11.9 Å². The molecule has 156 valence electrons. The summed E-state index contributed by atoms with van der Waals surface area (Å²) in [6, 6.07) is 15.5. The van der Waals surface area contributed by atoms with E-state index in [1.54, 1.807) is 49.4 Å². The van der Waals surface area contributed by atoms with Gasteiger partial charge in [-0.05, 0) is 68.8 Å². The number of rotatable bonds is 7. The molecule has 0 bridgehead atoms. The van der Waals surface area contributed by atoms with Gasteiger partial charge in [-0.15, -0.1) is 0 Å². The van der Waals surface area contributed by atoms with Crippen LogP contribution in [0.25, 0.3) is 5.69 Å². The Morgan fingerprint density at radius 2 is 1.93 bits per heavy atom. The number of carbonyl (C=O) groups excluding carboxylic acids is 1. The first-order valence-corrected chi connectivity index (χ1v) is 10.7. The van der Waals surface area contributed by atoms with Gasteiger partial charge < -0.3 is 10.1 Å². The van der Waals surface area contributed by atoms with Crippen molar-refractivity contribution in [3.63, 3.8) is 0 Å². The van der Waals surface area contributed by atoms with E-state index in [1.807, 2.05) is 19.9 Å². The molecule has 0 fully saturated rings. The van der Waals surface area contributed by atoms with Crippen LogP contribution in [0, 0.1) is 6.92 Å². The van der Waals surface area contributed by atoms with E-state index in [0.29, 0.717) is 28.0 Å². The van der Waals surface area contributed by atoms with E-state index in [1.165, 1.54) is 22.5 Å². The van der Waals surface area contributed by atoms with Crippen molar-refractivity contribution in [3.8, 4) is 11.4 Å². The Morgan fingerprint density at radius 3 is 2.60 bits per heavy atom. The molecule has 0 saturated heterocycles. The topological polar surface area (TPSA) is 73.2 Å². The number of halogens is 1. The van der Waals surface area contributed by atoms with Crippen LogP contribution in [-0.2, 0) is 4.79 Å². The van der Waals surface area contributed by atoms with Crippen LogP contribution in [0.4, 0.5) is 5.69 Å². The summed E-state index contributed by atoms with van der Waals surface area (Å²) >= 11 is 7.44. The maximum Gasteiger partial charge on any atom is 0.271 e. The molecule has 1 N–H and O–H groups in total. The number of hydrogen-bond acceptors (Lipinski definition) is 5. The zero-order valence-corrected chi connectivity index (χ0v) is 18.5. The molecule has 0 saturated carbocycles. The van der Waals surface area contributed by atoms with Gasteiger partial charge in [0.2, 0.25) is 5.91 Å². The summed E-state index contributed by atoms with van der Waals surface area (Å²) in [7, 11) is 0. The molecule has 0 aliphatic carbocycles. The lowest BCUT2D eigenvalue weighted by atomic mass is 10.2. The lowest BCUT2D eigenvalue weighted by Crippen LogP contribution is -2.24. The van der Waals surface area contributed by atoms with E-state index >= 15 is 0 Å². The van der Waals surface area contributed by atoms with Gasteiger partial charge >= 0.3 is 0 Å². The van der Waals surface area contributed by atoms with E-state index in [-0.39, 0.29) is 11.5 Å². The van der Waals surface area contributed by atoms with Gasteiger partial charge in [-0.25, -0.2) is 0 Å². The molecule has 3 rings (SSSR count). The minimum atomic E-state index is -0.420. The van der Waals surface area contributed by atoms with E-state index in [4.69, 9.17) is 16.3 Å². The highest BCUT2D eigenvalue weighted by Crippen LogP contribution is 2.23.